The highest BCUT2D eigenvalue weighted by atomic mass is 16.2. The Hall–Kier alpha value is -8.38. The average Bonchev–Trinajstić information content (AvgIpc) is 3.33. The lowest BCUT2D eigenvalue weighted by molar-refractivity contribution is -0.160. The predicted octanol–water partition coefficient (Wildman–Crippen LogP) is 8.42. The zero-order valence-corrected chi connectivity index (χ0v) is 38.4. The lowest BCUT2D eigenvalue weighted by atomic mass is 9.87. The van der Waals surface area contributed by atoms with Crippen LogP contribution in [0, 0.1) is 5.41 Å². The summed E-state index contributed by atoms with van der Waals surface area (Å²) in [4.78, 5) is 88.9. The van der Waals surface area contributed by atoms with Gasteiger partial charge in [-0.05, 0) is 44.7 Å². The van der Waals surface area contributed by atoms with Gasteiger partial charge in [0.05, 0.1) is 12.3 Å². The van der Waals surface area contributed by atoms with Crippen LogP contribution in [0.3, 0.4) is 0 Å². The highest BCUT2D eigenvalue weighted by molar-refractivity contribution is 6.06. The molecule has 12 heteroatoms. The number of nitrogens with one attached hydrogen (secondary N) is 5. The van der Waals surface area contributed by atoms with Crippen molar-refractivity contribution < 1.29 is 28.8 Å². The summed E-state index contributed by atoms with van der Waals surface area (Å²) >= 11 is 0. The fourth-order valence-corrected chi connectivity index (χ4v) is 8.14. The summed E-state index contributed by atoms with van der Waals surface area (Å²) in [7, 11) is 0. The lowest BCUT2D eigenvalue weighted by Gasteiger charge is -2.41. The number of hydrazine groups is 2. The second-order valence-electron chi connectivity index (χ2n) is 17.5. The predicted molar refractivity (Wildman–Crippen MR) is 263 cm³/mol. The van der Waals surface area contributed by atoms with Crippen molar-refractivity contribution in [2.24, 2.45) is 5.41 Å². The third-order valence-corrected chi connectivity index (χ3v) is 11.4. The topological polar surface area (TPSA) is 166 Å². The van der Waals surface area contributed by atoms with E-state index in [1.165, 1.54) is 6.92 Å². The van der Waals surface area contributed by atoms with E-state index >= 15 is 9.59 Å². The van der Waals surface area contributed by atoms with Gasteiger partial charge in [0, 0.05) is 35.9 Å². The summed E-state index contributed by atoms with van der Waals surface area (Å²) in [5.74, 6) is -6.05. The van der Waals surface area contributed by atoms with Gasteiger partial charge in [-0.2, -0.15) is 5.12 Å². The van der Waals surface area contributed by atoms with E-state index in [4.69, 9.17) is 0 Å². The van der Waals surface area contributed by atoms with Gasteiger partial charge in [0.1, 0.15) is 0 Å². The normalized spacial score (nSPS) is 12.1. The monoisotopic (exact) mass is 906 g/mol. The first-order valence-corrected chi connectivity index (χ1v) is 22.3. The molecule has 12 nitrogen and oxygen atoms in total. The molecule has 6 amide bonds. The molecule has 0 bridgehead atoms. The number of hydrogen-bond donors (Lipinski definition) is 5. The molecule has 0 spiro atoms. The molecule has 7 rings (SSSR count). The Morgan fingerprint density at radius 3 is 1.53 bits per heavy atom. The minimum atomic E-state index is -2.65. The zero-order valence-electron chi connectivity index (χ0n) is 38.4. The summed E-state index contributed by atoms with van der Waals surface area (Å²) < 4.78 is 0. The Morgan fingerprint density at radius 1 is 0.529 bits per heavy atom. The number of carbonyl (C=O) groups excluding carboxylic acids is 6. The lowest BCUT2D eigenvalue weighted by Crippen LogP contribution is -2.72. The summed E-state index contributed by atoms with van der Waals surface area (Å²) in [5.41, 5.74) is 5.04. The van der Waals surface area contributed by atoms with E-state index in [-0.39, 0.29) is 24.1 Å². The summed E-state index contributed by atoms with van der Waals surface area (Å²) in [6, 6.07) is 55.8. The van der Waals surface area contributed by atoms with Crippen LogP contribution < -0.4 is 26.8 Å². The van der Waals surface area contributed by atoms with Crippen LogP contribution in [0.1, 0.15) is 79.3 Å². The van der Waals surface area contributed by atoms with Crippen LogP contribution in [0.25, 0.3) is 10.8 Å². The molecule has 344 valence electrons. The zero-order chi connectivity index (χ0) is 48.3. The standard InChI is InChI=1S/C56H54N6O6/c1-38(63)57-47-35-34-42-28-20-21-33-45(42)51(47)56(59-53(67)55(2,3)4,58-48(64)36-39-22-10-5-11-23-39)54(68)62(61-52(66)50(43-29-16-8-17-30-43)44-31-18-9-19-32-44)60-49(65)37-46(40-24-12-6-13-25-40)41-26-14-7-15-27-41/h5-35,46,50H,36-37H2,1-4H3,(H,57,63)(H,58,64)(H,59,67)(H,60,65)(H,61,66). The van der Waals surface area contributed by atoms with Crippen molar-refractivity contribution in [2.45, 2.75) is 58.0 Å². The fourth-order valence-electron chi connectivity index (χ4n) is 8.14. The summed E-state index contributed by atoms with van der Waals surface area (Å²) in [5, 5.41) is 10.2. The number of nitrogens with zero attached hydrogens (tertiary/aromatic N) is 1. The van der Waals surface area contributed by atoms with Crippen LogP contribution in [-0.2, 0) is 40.9 Å². The van der Waals surface area contributed by atoms with Gasteiger partial charge in [0.25, 0.3) is 5.91 Å². The highest BCUT2D eigenvalue weighted by Crippen LogP contribution is 2.37. The maximum atomic E-state index is 16.4. The molecule has 68 heavy (non-hydrogen) atoms. The Balaban J connectivity index is 1.46. The molecule has 0 aliphatic heterocycles. The van der Waals surface area contributed by atoms with Crippen LogP contribution >= 0.6 is 0 Å². The summed E-state index contributed by atoms with van der Waals surface area (Å²) in [6.45, 7) is 6.21. The maximum Gasteiger partial charge on any atom is 0.312 e. The van der Waals surface area contributed by atoms with Gasteiger partial charge in [0.2, 0.25) is 29.3 Å². The Kier molecular flexibility index (Phi) is 14.9. The largest absolute Gasteiger partial charge is 0.326 e. The molecule has 0 aliphatic rings. The van der Waals surface area contributed by atoms with E-state index in [9.17, 15) is 19.2 Å². The molecule has 0 aliphatic carbocycles. The third kappa shape index (κ3) is 11.3. The van der Waals surface area contributed by atoms with Gasteiger partial charge in [-0.3, -0.25) is 28.8 Å². The van der Waals surface area contributed by atoms with E-state index in [0.29, 0.717) is 32.6 Å². The maximum absolute atomic E-state index is 16.4. The van der Waals surface area contributed by atoms with Crippen LogP contribution in [0.4, 0.5) is 5.69 Å². The van der Waals surface area contributed by atoms with E-state index in [1.807, 2.05) is 72.8 Å². The molecular weight excluding hydrogens is 853 g/mol. The average molecular weight is 907 g/mol. The number of carbonyl (C=O) groups is 6. The molecular formula is C56H54N6O6. The van der Waals surface area contributed by atoms with Crippen molar-refractivity contribution in [3.8, 4) is 0 Å². The molecule has 0 heterocycles. The Labute approximate surface area is 396 Å². The molecule has 0 radical (unpaired) electrons. The minimum Gasteiger partial charge on any atom is -0.326 e. The van der Waals surface area contributed by atoms with Gasteiger partial charge in [-0.25, -0.2) is 10.9 Å². The Bertz CT molecular complexity index is 2810. The first-order chi connectivity index (χ1) is 32.7. The van der Waals surface area contributed by atoms with Crippen LogP contribution in [-0.4, -0.2) is 40.6 Å². The molecule has 0 fully saturated rings. The van der Waals surface area contributed by atoms with Gasteiger partial charge < -0.3 is 16.0 Å². The van der Waals surface area contributed by atoms with E-state index in [0.717, 1.165) is 11.1 Å². The molecule has 7 aromatic rings. The number of benzene rings is 7. The first-order valence-electron chi connectivity index (χ1n) is 22.3. The second-order valence-corrected chi connectivity index (χ2v) is 17.5. The van der Waals surface area contributed by atoms with Gasteiger partial charge in [-0.15, -0.1) is 0 Å². The number of hydrogen-bond acceptors (Lipinski definition) is 6. The summed E-state index contributed by atoms with van der Waals surface area (Å²) in [6.07, 6.45) is -0.457. The van der Waals surface area contributed by atoms with Gasteiger partial charge in [0.15, 0.2) is 0 Å². The van der Waals surface area contributed by atoms with E-state index < -0.39 is 58.4 Å². The SMILES string of the molecule is CC(=O)Nc1ccc2ccccc2c1C(NC(=O)Cc1ccccc1)(NC(=O)C(C)(C)C)C(=O)N(NC(=O)CC(c1ccccc1)c1ccccc1)NC(=O)C(c1ccccc1)c1ccccc1. The van der Waals surface area contributed by atoms with Crippen molar-refractivity contribution in [3.05, 3.63) is 221 Å². The third-order valence-electron chi connectivity index (χ3n) is 11.4. The van der Waals surface area contributed by atoms with Crippen molar-refractivity contribution in [1.82, 2.24) is 26.6 Å². The van der Waals surface area contributed by atoms with Crippen LogP contribution in [0.5, 0.6) is 0 Å². The Morgan fingerprint density at radius 2 is 1.01 bits per heavy atom. The van der Waals surface area contributed by atoms with Gasteiger partial charge in [-0.1, -0.05) is 203 Å². The van der Waals surface area contributed by atoms with Crippen LogP contribution in [0.15, 0.2) is 188 Å². The number of fused-ring (bicyclic) bond motifs is 1. The van der Waals surface area contributed by atoms with E-state index in [2.05, 4.69) is 26.8 Å². The quantitative estimate of drug-likeness (QED) is 0.0543. The first kappa shape index (κ1) is 47.6. The number of amides is 6. The molecule has 5 N–H and O–H groups in total. The molecule has 1 atom stereocenters. The van der Waals surface area contributed by atoms with Crippen LogP contribution in [0.2, 0.25) is 0 Å². The number of anilines is 1. The molecule has 7 aromatic carbocycles. The second kappa shape index (κ2) is 21.3. The van der Waals surface area contributed by atoms with Crippen molar-refractivity contribution in [2.75, 3.05) is 5.32 Å². The van der Waals surface area contributed by atoms with E-state index in [1.54, 1.807) is 136 Å². The fraction of sp³-hybridized carbons (Fsp3) is 0.179. The molecule has 1 unspecified atom stereocenters. The molecule has 0 saturated heterocycles. The molecule has 0 saturated carbocycles. The smallest absolute Gasteiger partial charge is 0.312 e. The minimum absolute atomic E-state index is 0.0302. The highest BCUT2D eigenvalue weighted by Gasteiger charge is 2.51. The number of rotatable bonds is 14. The van der Waals surface area contributed by atoms with Crippen molar-refractivity contribution >= 4 is 51.9 Å². The van der Waals surface area contributed by atoms with Crippen molar-refractivity contribution in [1.29, 1.82) is 0 Å². The van der Waals surface area contributed by atoms with Crippen molar-refractivity contribution in [3.63, 3.8) is 0 Å². The van der Waals surface area contributed by atoms with Gasteiger partial charge >= 0.3 is 5.91 Å². The molecule has 0 aromatic heterocycles.